The molecule has 3 rings (SSSR count). The smallest absolute Gasteiger partial charge is 0.207 e. The minimum atomic E-state index is 0. The van der Waals surface area contributed by atoms with E-state index in [2.05, 4.69) is 5.32 Å². The van der Waals surface area contributed by atoms with E-state index in [0.29, 0.717) is 12.0 Å². The average molecular weight is 237 g/mol. The lowest BCUT2D eigenvalue weighted by molar-refractivity contribution is -0.111. The zero-order chi connectivity index (χ0) is 11.0. The third-order valence-corrected chi connectivity index (χ3v) is 4.88. The molecule has 3 aliphatic rings. The fourth-order valence-electron chi connectivity index (χ4n) is 4.23. The summed E-state index contributed by atoms with van der Waals surface area (Å²) in [6, 6.07) is 0.461. The molecule has 0 aromatic rings. The summed E-state index contributed by atoms with van der Waals surface area (Å²) < 4.78 is 0. The second-order valence-electron chi connectivity index (χ2n) is 5.65. The van der Waals surface area contributed by atoms with Crippen molar-refractivity contribution in [3.8, 4) is 0 Å². The van der Waals surface area contributed by atoms with Gasteiger partial charge in [0.25, 0.3) is 0 Å². The third-order valence-electron chi connectivity index (χ3n) is 4.88. The topological polar surface area (TPSA) is 60.6 Å². The Kier molecular flexibility index (Phi) is 3.87. The van der Waals surface area contributed by atoms with Crippen molar-refractivity contribution in [3.63, 3.8) is 0 Å². The van der Waals surface area contributed by atoms with Crippen molar-refractivity contribution in [1.82, 2.24) is 5.32 Å². The van der Waals surface area contributed by atoms with Crippen LogP contribution < -0.4 is 5.32 Å². The van der Waals surface area contributed by atoms with Gasteiger partial charge >= 0.3 is 0 Å². The Morgan fingerprint density at radius 2 is 1.94 bits per heavy atom. The van der Waals surface area contributed by atoms with Crippen molar-refractivity contribution >= 4 is 6.41 Å². The Bertz CT molecular complexity index is 324. The van der Waals surface area contributed by atoms with Crippen LogP contribution in [0, 0.1) is 11.8 Å². The van der Waals surface area contributed by atoms with Crippen LogP contribution in [0.1, 0.15) is 51.4 Å². The first-order valence-corrected chi connectivity index (χ1v) is 6.80. The van der Waals surface area contributed by atoms with Crippen molar-refractivity contribution in [3.05, 3.63) is 11.1 Å². The van der Waals surface area contributed by atoms with Crippen LogP contribution in [0.3, 0.4) is 0 Å². The van der Waals surface area contributed by atoms with Gasteiger partial charge in [0.2, 0.25) is 6.41 Å². The molecule has 0 saturated heterocycles. The van der Waals surface area contributed by atoms with Crippen molar-refractivity contribution in [1.29, 1.82) is 0 Å². The van der Waals surface area contributed by atoms with E-state index in [4.69, 9.17) is 0 Å². The lowest BCUT2D eigenvalue weighted by Crippen LogP contribution is -2.48. The highest BCUT2D eigenvalue weighted by Crippen LogP contribution is 2.47. The second kappa shape index (κ2) is 5.21. The van der Waals surface area contributed by atoms with E-state index in [1.54, 1.807) is 11.1 Å². The Balaban J connectivity index is 0.00000108. The van der Waals surface area contributed by atoms with E-state index in [1.165, 1.54) is 51.4 Å². The summed E-state index contributed by atoms with van der Waals surface area (Å²) in [5, 5.41) is 3.10. The Labute approximate surface area is 103 Å². The molecule has 3 atom stereocenters. The largest absolute Gasteiger partial charge is 0.412 e. The highest BCUT2D eigenvalue weighted by molar-refractivity contribution is 5.48. The SMILES string of the molecule is O.O=CN[C@H]1[C@@H]2CCC[C@@H]1C1=C(CCCC1)C2. The molecule has 3 heteroatoms. The second-order valence-corrected chi connectivity index (χ2v) is 5.65. The predicted octanol–water partition coefficient (Wildman–Crippen LogP) is 1.97. The van der Waals surface area contributed by atoms with Crippen molar-refractivity contribution in [2.75, 3.05) is 0 Å². The summed E-state index contributed by atoms with van der Waals surface area (Å²) in [5.74, 6) is 1.42. The molecule has 1 amide bonds. The summed E-state index contributed by atoms with van der Waals surface area (Å²) in [6.07, 6.45) is 11.6. The summed E-state index contributed by atoms with van der Waals surface area (Å²) in [6.45, 7) is 0. The predicted molar refractivity (Wildman–Crippen MR) is 67.5 cm³/mol. The summed E-state index contributed by atoms with van der Waals surface area (Å²) in [4.78, 5) is 10.7. The Hall–Kier alpha value is -0.830. The molecule has 3 aliphatic carbocycles. The van der Waals surface area contributed by atoms with E-state index in [1.807, 2.05) is 0 Å². The molecule has 3 nitrogen and oxygen atoms in total. The molecule has 0 heterocycles. The first-order chi connectivity index (χ1) is 7.90. The van der Waals surface area contributed by atoms with Crippen LogP contribution in [-0.4, -0.2) is 17.9 Å². The minimum absolute atomic E-state index is 0. The van der Waals surface area contributed by atoms with Crippen LogP contribution in [0.4, 0.5) is 0 Å². The number of rotatable bonds is 2. The number of allylic oxidation sites excluding steroid dienone is 1. The van der Waals surface area contributed by atoms with Gasteiger partial charge < -0.3 is 10.8 Å². The molecule has 1 saturated carbocycles. The molecule has 0 radical (unpaired) electrons. The number of carbonyl (C=O) groups is 1. The van der Waals surface area contributed by atoms with Crippen molar-refractivity contribution in [2.24, 2.45) is 11.8 Å². The van der Waals surface area contributed by atoms with E-state index in [-0.39, 0.29) is 5.48 Å². The van der Waals surface area contributed by atoms with Crippen molar-refractivity contribution < 1.29 is 10.3 Å². The average Bonchev–Trinajstić information content (AvgIpc) is 2.30. The van der Waals surface area contributed by atoms with Crippen LogP contribution in [0.25, 0.3) is 0 Å². The van der Waals surface area contributed by atoms with Crippen molar-refractivity contribution in [2.45, 2.75) is 57.4 Å². The monoisotopic (exact) mass is 237 g/mol. The van der Waals surface area contributed by atoms with Crippen LogP contribution in [-0.2, 0) is 4.79 Å². The van der Waals surface area contributed by atoms with Crippen LogP contribution in [0.5, 0.6) is 0 Å². The Morgan fingerprint density at radius 3 is 2.76 bits per heavy atom. The van der Waals surface area contributed by atoms with Gasteiger partial charge in [-0.3, -0.25) is 4.79 Å². The fourth-order valence-corrected chi connectivity index (χ4v) is 4.23. The van der Waals surface area contributed by atoms with Gasteiger partial charge in [0.05, 0.1) is 0 Å². The molecule has 96 valence electrons. The van der Waals surface area contributed by atoms with E-state index in [9.17, 15) is 4.79 Å². The van der Waals surface area contributed by atoms with Crippen LogP contribution >= 0.6 is 0 Å². The third kappa shape index (κ3) is 2.13. The highest BCUT2D eigenvalue weighted by Gasteiger charge is 2.40. The number of hydrogen-bond donors (Lipinski definition) is 1. The van der Waals surface area contributed by atoms with Gasteiger partial charge in [-0.15, -0.1) is 0 Å². The molecule has 0 aromatic carbocycles. The molecule has 3 N–H and O–H groups in total. The maximum Gasteiger partial charge on any atom is 0.207 e. The maximum atomic E-state index is 10.7. The number of nitrogens with one attached hydrogen (secondary N) is 1. The molecule has 0 aromatic heterocycles. The normalized spacial score (nSPS) is 35.6. The fraction of sp³-hybridized carbons (Fsp3) is 0.786. The number of carbonyl (C=O) groups excluding carboxylic acids is 1. The number of hydrogen-bond acceptors (Lipinski definition) is 1. The molecule has 17 heavy (non-hydrogen) atoms. The molecular formula is C14H23NO2. The highest BCUT2D eigenvalue weighted by atomic mass is 16.1. The number of fused-ring (bicyclic) bond motifs is 3. The molecular weight excluding hydrogens is 214 g/mol. The minimum Gasteiger partial charge on any atom is -0.412 e. The van der Waals surface area contributed by atoms with Gasteiger partial charge in [-0.2, -0.15) is 0 Å². The lowest BCUT2D eigenvalue weighted by Gasteiger charge is -2.46. The molecule has 0 unspecified atom stereocenters. The molecule has 0 spiro atoms. The van der Waals surface area contributed by atoms with E-state index < -0.39 is 0 Å². The first-order valence-electron chi connectivity index (χ1n) is 6.80. The quantitative estimate of drug-likeness (QED) is 0.579. The first kappa shape index (κ1) is 12.6. The Morgan fingerprint density at radius 1 is 1.12 bits per heavy atom. The van der Waals surface area contributed by atoms with Crippen LogP contribution in [0.15, 0.2) is 11.1 Å². The molecule has 1 fully saturated rings. The van der Waals surface area contributed by atoms with Gasteiger partial charge in [-0.05, 0) is 50.9 Å². The van der Waals surface area contributed by atoms with Gasteiger partial charge in [0, 0.05) is 12.0 Å². The lowest BCUT2D eigenvalue weighted by atomic mass is 9.63. The summed E-state index contributed by atoms with van der Waals surface area (Å²) in [7, 11) is 0. The van der Waals surface area contributed by atoms with E-state index in [0.717, 1.165) is 12.3 Å². The molecule has 0 aliphatic heterocycles. The standard InChI is InChI=1S/C14H21NO.H2O/c16-9-15-14-11-5-3-7-13(14)12-6-2-1-4-10(12)8-11;/h9,11,13-14H,1-8H2,(H,15,16);1H2/t11-,13-,14+;/m1./s1. The van der Waals surface area contributed by atoms with Gasteiger partial charge in [-0.25, -0.2) is 0 Å². The summed E-state index contributed by atoms with van der Waals surface area (Å²) in [5.41, 5.74) is 3.51. The maximum absolute atomic E-state index is 10.7. The summed E-state index contributed by atoms with van der Waals surface area (Å²) >= 11 is 0. The molecule has 2 bridgehead atoms. The zero-order valence-electron chi connectivity index (χ0n) is 10.4. The van der Waals surface area contributed by atoms with Gasteiger partial charge in [0.1, 0.15) is 0 Å². The van der Waals surface area contributed by atoms with Gasteiger partial charge in [-0.1, -0.05) is 17.6 Å². The van der Waals surface area contributed by atoms with E-state index >= 15 is 0 Å². The van der Waals surface area contributed by atoms with Gasteiger partial charge in [0.15, 0.2) is 0 Å². The van der Waals surface area contributed by atoms with Crippen LogP contribution in [0.2, 0.25) is 0 Å². The number of amides is 1. The zero-order valence-corrected chi connectivity index (χ0v) is 10.4.